The Hall–Kier alpha value is -4.19. The highest BCUT2D eigenvalue weighted by atomic mass is 19.1. The lowest BCUT2D eigenvalue weighted by Crippen LogP contribution is -2.07. The van der Waals surface area contributed by atoms with Crippen molar-refractivity contribution >= 4 is 28.0 Å². The molecule has 6 heteroatoms. The van der Waals surface area contributed by atoms with Crippen LogP contribution in [0.2, 0.25) is 0 Å². The Morgan fingerprint density at radius 2 is 1.91 bits per heavy atom. The van der Waals surface area contributed by atoms with Crippen LogP contribution in [0.25, 0.3) is 22.0 Å². The van der Waals surface area contributed by atoms with Crippen LogP contribution in [0.5, 0.6) is 11.5 Å². The van der Waals surface area contributed by atoms with Gasteiger partial charge < -0.3 is 9.47 Å². The molecule has 0 bridgehead atoms. The zero-order valence-corrected chi connectivity index (χ0v) is 19.6. The van der Waals surface area contributed by atoms with Crippen molar-refractivity contribution in [2.45, 2.75) is 19.8 Å². The van der Waals surface area contributed by atoms with Crippen molar-refractivity contribution in [3.05, 3.63) is 102 Å². The molecule has 1 aliphatic rings. The molecule has 1 fully saturated rings. The van der Waals surface area contributed by atoms with Crippen LogP contribution in [0.15, 0.2) is 73.3 Å². The van der Waals surface area contributed by atoms with Gasteiger partial charge in [-0.3, -0.25) is 5.10 Å². The number of esters is 1. The van der Waals surface area contributed by atoms with Gasteiger partial charge in [-0.1, -0.05) is 36.9 Å². The smallest absolute Gasteiger partial charge is 0.335 e. The van der Waals surface area contributed by atoms with Crippen molar-refractivity contribution < 1.29 is 18.7 Å². The Bertz CT molecular complexity index is 1480. The average molecular weight is 469 g/mol. The second-order valence-electron chi connectivity index (χ2n) is 8.63. The normalized spacial score (nSPS) is 13.9. The zero-order chi connectivity index (χ0) is 24.5. The zero-order valence-electron chi connectivity index (χ0n) is 19.6. The van der Waals surface area contributed by atoms with Gasteiger partial charge in [0.25, 0.3) is 0 Å². The fraction of sp³-hybridized carbons (Fsp3) is 0.172. The number of nitrogens with one attached hydrogen (secondary N) is 1. The summed E-state index contributed by atoms with van der Waals surface area (Å²) in [6.07, 6.45) is 3.23. The summed E-state index contributed by atoms with van der Waals surface area (Å²) in [4.78, 5) is 12.2. The van der Waals surface area contributed by atoms with E-state index in [-0.39, 0.29) is 0 Å². The number of aryl methyl sites for hydroxylation is 1. The van der Waals surface area contributed by atoms with E-state index in [1.54, 1.807) is 25.3 Å². The predicted molar refractivity (Wildman–Crippen MR) is 135 cm³/mol. The molecule has 0 unspecified atom stereocenters. The van der Waals surface area contributed by atoms with Crippen LogP contribution in [0.3, 0.4) is 0 Å². The molecule has 1 aromatic heterocycles. The number of aromatic amines is 1. The van der Waals surface area contributed by atoms with E-state index in [9.17, 15) is 9.18 Å². The number of halogens is 1. The largest absolute Gasteiger partial charge is 0.497 e. The second kappa shape index (κ2) is 9.22. The van der Waals surface area contributed by atoms with E-state index in [0.717, 1.165) is 58.1 Å². The number of carbonyl (C=O) groups excluding carboxylic acids is 1. The fourth-order valence-corrected chi connectivity index (χ4v) is 4.50. The molecule has 0 radical (unpaired) electrons. The first-order valence-corrected chi connectivity index (χ1v) is 11.5. The Labute approximate surface area is 202 Å². The van der Waals surface area contributed by atoms with Crippen molar-refractivity contribution in [1.82, 2.24) is 10.2 Å². The number of rotatable bonds is 7. The maximum absolute atomic E-state index is 14.5. The summed E-state index contributed by atoms with van der Waals surface area (Å²) in [5.74, 6) is 0.502. The lowest BCUT2D eigenvalue weighted by Gasteiger charge is -2.21. The number of aromatic nitrogens is 2. The number of nitrogens with zero attached hydrogens (tertiary/aromatic N) is 1. The molecule has 1 saturated carbocycles. The van der Waals surface area contributed by atoms with Gasteiger partial charge >= 0.3 is 5.97 Å². The molecule has 35 heavy (non-hydrogen) atoms. The summed E-state index contributed by atoms with van der Waals surface area (Å²) >= 11 is 0. The van der Waals surface area contributed by atoms with Crippen LogP contribution in [0, 0.1) is 18.8 Å². The molecular formula is C29H25FN2O3. The number of methoxy groups -OCH3 is 1. The number of ether oxygens (including phenoxy) is 2. The molecule has 0 aliphatic heterocycles. The first-order valence-electron chi connectivity index (χ1n) is 11.5. The van der Waals surface area contributed by atoms with Crippen molar-refractivity contribution in [1.29, 1.82) is 0 Å². The second-order valence-corrected chi connectivity index (χ2v) is 8.63. The van der Waals surface area contributed by atoms with Gasteiger partial charge in [0, 0.05) is 11.6 Å². The van der Waals surface area contributed by atoms with Crippen LogP contribution in [0.4, 0.5) is 4.39 Å². The third kappa shape index (κ3) is 4.35. The molecule has 5 rings (SSSR count). The molecule has 176 valence electrons. The number of H-pyrrole nitrogens is 1. The summed E-state index contributed by atoms with van der Waals surface area (Å²) < 4.78 is 25.6. The summed E-state index contributed by atoms with van der Waals surface area (Å²) in [7, 11) is 1.65. The molecule has 4 aromatic rings. The van der Waals surface area contributed by atoms with Gasteiger partial charge in [-0.15, -0.1) is 0 Å². The predicted octanol–water partition coefficient (Wildman–Crippen LogP) is 6.48. The lowest BCUT2D eigenvalue weighted by molar-refractivity contribution is -0.128. The number of para-hydroxylation sites is 1. The van der Waals surface area contributed by atoms with Crippen molar-refractivity contribution in [2.24, 2.45) is 5.92 Å². The highest BCUT2D eigenvalue weighted by molar-refractivity contribution is 6.03. The van der Waals surface area contributed by atoms with E-state index >= 15 is 0 Å². The molecule has 0 spiro atoms. The Morgan fingerprint density at radius 3 is 2.63 bits per heavy atom. The SMILES string of the molecule is C=CC(=O)Oc1ccccc1/C(=C(\c1ccc(OC)cc1C)C1CC1)c1ccc2n[nH]c(F)c2c1. The molecule has 0 saturated heterocycles. The van der Waals surface area contributed by atoms with E-state index < -0.39 is 11.9 Å². The number of allylic oxidation sites excluding steroid dienone is 1. The Kier molecular flexibility index (Phi) is 5.95. The molecular weight excluding hydrogens is 443 g/mol. The Morgan fingerprint density at radius 1 is 1.11 bits per heavy atom. The van der Waals surface area contributed by atoms with Crippen molar-refractivity contribution in [3.8, 4) is 11.5 Å². The maximum Gasteiger partial charge on any atom is 0.335 e. The lowest BCUT2D eigenvalue weighted by atomic mass is 9.85. The van der Waals surface area contributed by atoms with Crippen molar-refractivity contribution in [3.63, 3.8) is 0 Å². The van der Waals surface area contributed by atoms with Crippen LogP contribution in [0.1, 0.15) is 35.1 Å². The molecule has 0 amide bonds. The van der Waals surface area contributed by atoms with Crippen LogP contribution in [-0.4, -0.2) is 23.3 Å². The molecule has 1 aliphatic carbocycles. The monoisotopic (exact) mass is 468 g/mol. The topological polar surface area (TPSA) is 64.2 Å². The number of hydrogen-bond donors (Lipinski definition) is 1. The van der Waals surface area contributed by atoms with Crippen LogP contribution >= 0.6 is 0 Å². The minimum absolute atomic E-state index is 0.324. The van der Waals surface area contributed by atoms with Crippen LogP contribution in [-0.2, 0) is 4.79 Å². The van der Waals surface area contributed by atoms with Crippen molar-refractivity contribution in [2.75, 3.05) is 7.11 Å². The number of benzene rings is 3. The average Bonchev–Trinajstić information content (AvgIpc) is 3.65. The van der Waals surface area contributed by atoms with E-state index in [1.807, 2.05) is 36.4 Å². The molecule has 0 atom stereocenters. The summed E-state index contributed by atoms with van der Waals surface area (Å²) in [5, 5.41) is 6.86. The number of fused-ring (bicyclic) bond motifs is 1. The quantitative estimate of drug-likeness (QED) is 0.146. The molecule has 5 nitrogen and oxygen atoms in total. The van der Waals surface area contributed by atoms with Gasteiger partial charge in [0.05, 0.1) is 18.0 Å². The van der Waals surface area contributed by atoms with Gasteiger partial charge in [-0.2, -0.15) is 9.49 Å². The van der Waals surface area contributed by atoms with E-state index in [2.05, 4.69) is 29.8 Å². The highest BCUT2D eigenvalue weighted by Gasteiger charge is 2.32. The highest BCUT2D eigenvalue weighted by Crippen LogP contribution is 2.50. The minimum atomic E-state index is -0.540. The van der Waals surface area contributed by atoms with Gasteiger partial charge in [0.2, 0.25) is 5.95 Å². The van der Waals surface area contributed by atoms with Gasteiger partial charge in [-0.25, -0.2) is 4.79 Å². The van der Waals surface area contributed by atoms with E-state index in [1.165, 1.54) is 0 Å². The van der Waals surface area contributed by atoms with E-state index in [0.29, 0.717) is 22.6 Å². The third-order valence-corrected chi connectivity index (χ3v) is 6.31. The molecule has 1 heterocycles. The fourth-order valence-electron chi connectivity index (χ4n) is 4.50. The third-order valence-electron chi connectivity index (χ3n) is 6.31. The minimum Gasteiger partial charge on any atom is -0.497 e. The first-order chi connectivity index (χ1) is 17.0. The van der Waals surface area contributed by atoms with Gasteiger partial charge in [0.15, 0.2) is 0 Å². The van der Waals surface area contributed by atoms with Gasteiger partial charge in [0.1, 0.15) is 11.5 Å². The summed E-state index contributed by atoms with van der Waals surface area (Å²) in [6.45, 7) is 5.58. The Balaban J connectivity index is 1.83. The van der Waals surface area contributed by atoms with Gasteiger partial charge in [-0.05, 0) is 83.9 Å². The molecule has 1 N–H and O–H groups in total. The van der Waals surface area contributed by atoms with Crippen LogP contribution < -0.4 is 9.47 Å². The number of hydrogen-bond acceptors (Lipinski definition) is 4. The summed E-state index contributed by atoms with van der Waals surface area (Å²) in [6, 6.07) is 19.0. The molecule has 3 aromatic carbocycles. The maximum atomic E-state index is 14.5. The first kappa shape index (κ1) is 22.6. The number of carbonyl (C=O) groups is 1. The summed E-state index contributed by atoms with van der Waals surface area (Å²) in [5.41, 5.74) is 6.30. The standard InChI is InChI=1S/C29H25FN2O3/c1-4-26(33)35-25-8-6-5-7-22(25)28(19-11-14-24-23(16-19)29(30)32-31-24)27(18-9-10-18)21-13-12-20(34-3)15-17(21)2/h4-8,11-16,18H,1,9-10H2,2-3H3,(H,31,32)/b28-27-. The van der Waals surface area contributed by atoms with E-state index in [4.69, 9.17) is 9.47 Å².